The van der Waals surface area contributed by atoms with E-state index in [0.29, 0.717) is 6.61 Å². The number of methoxy groups -OCH3 is 1. The van der Waals surface area contributed by atoms with Gasteiger partial charge in [0.15, 0.2) is 0 Å². The van der Waals surface area contributed by atoms with Crippen LogP contribution in [-0.2, 0) is 17.9 Å². The number of nitrogens with one attached hydrogen (secondary N) is 1. The minimum Gasteiger partial charge on any atom is -0.390 e. The molecule has 0 spiro atoms. The normalized spacial score (nSPS) is 11.8. The van der Waals surface area contributed by atoms with E-state index in [1.54, 1.807) is 7.11 Å². The van der Waals surface area contributed by atoms with E-state index in [1.165, 1.54) is 11.1 Å². The standard InChI is InChI=1S/C14H23NO2/c1-14(2,16)8-9-15-10-12-6-4-5-7-13(12)11-17-3/h4-7,15-16H,8-11H2,1-3H3. The molecule has 0 amide bonds. The van der Waals surface area contributed by atoms with Crippen LogP contribution in [0.3, 0.4) is 0 Å². The molecule has 1 aromatic carbocycles. The maximum absolute atomic E-state index is 9.59. The molecule has 0 saturated carbocycles. The van der Waals surface area contributed by atoms with Gasteiger partial charge in [-0.2, -0.15) is 0 Å². The lowest BCUT2D eigenvalue weighted by molar-refractivity contribution is 0.0711. The van der Waals surface area contributed by atoms with E-state index >= 15 is 0 Å². The van der Waals surface area contributed by atoms with Crippen molar-refractivity contribution in [2.24, 2.45) is 0 Å². The van der Waals surface area contributed by atoms with Crippen LogP contribution in [0.5, 0.6) is 0 Å². The van der Waals surface area contributed by atoms with Crippen LogP contribution in [-0.4, -0.2) is 24.4 Å². The zero-order valence-corrected chi connectivity index (χ0v) is 11.0. The lowest BCUT2D eigenvalue weighted by atomic mass is 10.1. The molecule has 0 fully saturated rings. The van der Waals surface area contributed by atoms with Gasteiger partial charge in [-0.05, 0) is 37.9 Å². The number of benzene rings is 1. The fourth-order valence-electron chi connectivity index (χ4n) is 1.64. The first kappa shape index (κ1) is 14.2. The summed E-state index contributed by atoms with van der Waals surface area (Å²) in [6.07, 6.45) is 0.749. The molecule has 0 heterocycles. The molecule has 0 aliphatic carbocycles. The molecule has 0 atom stereocenters. The molecule has 1 aromatic rings. The van der Waals surface area contributed by atoms with Crippen molar-refractivity contribution in [2.75, 3.05) is 13.7 Å². The predicted molar refractivity (Wildman–Crippen MR) is 69.8 cm³/mol. The highest BCUT2D eigenvalue weighted by Crippen LogP contribution is 2.10. The lowest BCUT2D eigenvalue weighted by Gasteiger charge is -2.17. The van der Waals surface area contributed by atoms with Gasteiger partial charge in [-0.1, -0.05) is 24.3 Å². The zero-order chi connectivity index (χ0) is 12.7. The quantitative estimate of drug-likeness (QED) is 0.713. The average Bonchev–Trinajstić information content (AvgIpc) is 2.25. The molecule has 0 unspecified atom stereocenters. The number of hydrogen-bond donors (Lipinski definition) is 2. The SMILES string of the molecule is COCc1ccccc1CNCCC(C)(C)O. The topological polar surface area (TPSA) is 41.5 Å². The number of hydrogen-bond acceptors (Lipinski definition) is 3. The average molecular weight is 237 g/mol. The Hall–Kier alpha value is -0.900. The minimum absolute atomic E-state index is 0.598. The molecule has 0 aromatic heterocycles. The van der Waals surface area contributed by atoms with Gasteiger partial charge in [-0.15, -0.1) is 0 Å². The molecule has 3 nitrogen and oxygen atoms in total. The van der Waals surface area contributed by atoms with Crippen LogP contribution in [0, 0.1) is 0 Å². The molecule has 3 heteroatoms. The first-order valence-corrected chi connectivity index (χ1v) is 6.02. The molecule has 0 bridgehead atoms. The molecular formula is C14H23NO2. The van der Waals surface area contributed by atoms with Gasteiger partial charge < -0.3 is 15.2 Å². The van der Waals surface area contributed by atoms with E-state index in [0.717, 1.165) is 19.5 Å². The van der Waals surface area contributed by atoms with Crippen molar-refractivity contribution in [3.05, 3.63) is 35.4 Å². The monoisotopic (exact) mass is 237 g/mol. The molecule has 1 rings (SSSR count). The molecule has 17 heavy (non-hydrogen) atoms. The number of rotatable bonds is 7. The summed E-state index contributed by atoms with van der Waals surface area (Å²) >= 11 is 0. The highest BCUT2D eigenvalue weighted by Gasteiger charge is 2.11. The van der Waals surface area contributed by atoms with Gasteiger partial charge in [0.1, 0.15) is 0 Å². The third-order valence-corrected chi connectivity index (χ3v) is 2.65. The highest BCUT2D eigenvalue weighted by molar-refractivity contribution is 5.26. The maximum atomic E-state index is 9.59. The van der Waals surface area contributed by atoms with Crippen molar-refractivity contribution < 1.29 is 9.84 Å². The summed E-state index contributed by atoms with van der Waals surface area (Å²) in [5.74, 6) is 0. The molecule has 96 valence electrons. The molecule has 0 aliphatic rings. The lowest BCUT2D eigenvalue weighted by Crippen LogP contribution is -2.26. The van der Waals surface area contributed by atoms with Crippen LogP contribution in [0.25, 0.3) is 0 Å². The maximum Gasteiger partial charge on any atom is 0.0716 e. The van der Waals surface area contributed by atoms with Crippen LogP contribution in [0.15, 0.2) is 24.3 Å². The summed E-state index contributed by atoms with van der Waals surface area (Å²) in [5.41, 5.74) is 1.87. The second-order valence-electron chi connectivity index (χ2n) is 4.94. The Bertz CT molecular complexity index is 331. The Labute approximate surface area is 104 Å². The van der Waals surface area contributed by atoms with Crippen LogP contribution < -0.4 is 5.32 Å². The number of ether oxygens (including phenoxy) is 1. The largest absolute Gasteiger partial charge is 0.390 e. The van der Waals surface area contributed by atoms with Crippen LogP contribution in [0.1, 0.15) is 31.4 Å². The Morgan fingerprint density at radius 2 is 1.88 bits per heavy atom. The first-order chi connectivity index (χ1) is 8.03. The molecular weight excluding hydrogens is 214 g/mol. The van der Waals surface area contributed by atoms with E-state index in [9.17, 15) is 5.11 Å². The van der Waals surface area contributed by atoms with Crippen molar-refractivity contribution >= 4 is 0 Å². The van der Waals surface area contributed by atoms with E-state index in [1.807, 2.05) is 26.0 Å². The minimum atomic E-state index is -0.598. The van der Waals surface area contributed by atoms with Crippen molar-refractivity contribution in [3.8, 4) is 0 Å². The van der Waals surface area contributed by atoms with Crippen molar-refractivity contribution in [3.63, 3.8) is 0 Å². The molecule has 0 saturated heterocycles. The summed E-state index contributed by atoms with van der Waals surface area (Å²) in [5, 5.41) is 12.9. The van der Waals surface area contributed by atoms with Gasteiger partial charge in [0.25, 0.3) is 0 Å². The number of aliphatic hydroxyl groups is 1. The smallest absolute Gasteiger partial charge is 0.0716 e. The van der Waals surface area contributed by atoms with Gasteiger partial charge in [-0.25, -0.2) is 0 Å². The van der Waals surface area contributed by atoms with E-state index in [-0.39, 0.29) is 0 Å². The van der Waals surface area contributed by atoms with Gasteiger partial charge >= 0.3 is 0 Å². The van der Waals surface area contributed by atoms with Gasteiger partial charge in [0, 0.05) is 13.7 Å². The molecule has 0 aliphatic heterocycles. The Kier molecular flexibility index (Phi) is 5.62. The molecule has 0 radical (unpaired) electrons. The van der Waals surface area contributed by atoms with Gasteiger partial charge in [0.05, 0.1) is 12.2 Å². The second kappa shape index (κ2) is 6.74. The van der Waals surface area contributed by atoms with E-state index < -0.39 is 5.60 Å². The van der Waals surface area contributed by atoms with Crippen LogP contribution >= 0.6 is 0 Å². The third-order valence-electron chi connectivity index (χ3n) is 2.65. The zero-order valence-electron chi connectivity index (χ0n) is 11.0. The summed E-state index contributed by atoms with van der Waals surface area (Å²) in [4.78, 5) is 0. The summed E-state index contributed by atoms with van der Waals surface area (Å²) in [7, 11) is 1.71. The van der Waals surface area contributed by atoms with Crippen molar-refractivity contribution in [1.82, 2.24) is 5.32 Å². The summed E-state index contributed by atoms with van der Waals surface area (Å²) < 4.78 is 5.16. The van der Waals surface area contributed by atoms with Gasteiger partial charge in [0.2, 0.25) is 0 Å². The fraction of sp³-hybridized carbons (Fsp3) is 0.571. The van der Waals surface area contributed by atoms with Crippen LogP contribution in [0.4, 0.5) is 0 Å². The Balaban J connectivity index is 2.41. The van der Waals surface area contributed by atoms with E-state index in [4.69, 9.17) is 4.74 Å². The Morgan fingerprint density at radius 3 is 2.47 bits per heavy atom. The van der Waals surface area contributed by atoms with Crippen LogP contribution in [0.2, 0.25) is 0 Å². The Morgan fingerprint density at radius 1 is 1.24 bits per heavy atom. The van der Waals surface area contributed by atoms with Crippen molar-refractivity contribution in [2.45, 2.75) is 39.0 Å². The highest BCUT2D eigenvalue weighted by atomic mass is 16.5. The summed E-state index contributed by atoms with van der Waals surface area (Å²) in [6, 6.07) is 8.24. The fourth-order valence-corrected chi connectivity index (χ4v) is 1.64. The van der Waals surface area contributed by atoms with Gasteiger partial charge in [-0.3, -0.25) is 0 Å². The predicted octanol–water partition coefficient (Wildman–Crippen LogP) is 2.08. The first-order valence-electron chi connectivity index (χ1n) is 6.02. The van der Waals surface area contributed by atoms with Crippen molar-refractivity contribution in [1.29, 1.82) is 0 Å². The second-order valence-corrected chi connectivity index (χ2v) is 4.94. The summed E-state index contributed by atoms with van der Waals surface area (Å²) in [6.45, 7) is 5.92. The van der Waals surface area contributed by atoms with E-state index in [2.05, 4.69) is 17.4 Å². The molecule has 2 N–H and O–H groups in total. The third kappa shape index (κ3) is 5.82.